The minimum Gasteiger partial charge on any atom is -0.394 e. The van der Waals surface area contributed by atoms with Crippen molar-refractivity contribution >= 4 is 17.2 Å². The topological polar surface area (TPSA) is 53.4 Å². The zero-order chi connectivity index (χ0) is 14.5. The fourth-order valence-corrected chi connectivity index (χ4v) is 2.57. The molecule has 1 amide bonds. The summed E-state index contributed by atoms with van der Waals surface area (Å²) in [5.41, 5.74) is 1.63. The van der Waals surface area contributed by atoms with E-state index in [1.807, 2.05) is 30.3 Å². The van der Waals surface area contributed by atoms with E-state index in [1.54, 1.807) is 19.4 Å². The molecule has 4 nitrogen and oxygen atoms in total. The normalized spacial score (nSPS) is 12.2. The highest BCUT2D eigenvalue weighted by atomic mass is 32.1. The average molecular weight is 290 g/mol. The molecule has 0 aliphatic heterocycles. The van der Waals surface area contributed by atoms with E-state index in [-0.39, 0.29) is 18.6 Å². The van der Waals surface area contributed by atoms with Gasteiger partial charge in [-0.2, -0.15) is 0 Å². The molecular formula is C15H18N2O2S. The number of rotatable bonds is 5. The van der Waals surface area contributed by atoms with Crippen LogP contribution in [0, 0.1) is 0 Å². The first-order valence-electron chi connectivity index (χ1n) is 6.48. The Hall–Kier alpha value is -1.72. The summed E-state index contributed by atoms with van der Waals surface area (Å²) in [5, 5.41) is 11.8. The van der Waals surface area contributed by atoms with Gasteiger partial charge in [-0.25, -0.2) is 4.98 Å². The number of likely N-dealkylation sites (N-methyl/N-ethyl adjacent to an activating group) is 1. The van der Waals surface area contributed by atoms with Gasteiger partial charge in [-0.05, 0) is 12.5 Å². The van der Waals surface area contributed by atoms with Gasteiger partial charge in [-0.3, -0.25) is 4.79 Å². The molecule has 106 valence electrons. The molecule has 1 N–H and O–H groups in total. The van der Waals surface area contributed by atoms with Crippen LogP contribution in [0.15, 0.2) is 35.7 Å². The predicted molar refractivity (Wildman–Crippen MR) is 80.0 cm³/mol. The lowest BCUT2D eigenvalue weighted by atomic mass is 10.2. The largest absolute Gasteiger partial charge is 0.394 e. The van der Waals surface area contributed by atoms with E-state index < -0.39 is 0 Å². The van der Waals surface area contributed by atoms with Crippen LogP contribution in [0.4, 0.5) is 0 Å². The number of aliphatic hydroxyl groups is 1. The minimum atomic E-state index is -0.207. The number of aromatic nitrogens is 1. The summed E-state index contributed by atoms with van der Waals surface area (Å²) in [6, 6.07) is 9.84. The zero-order valence-electron chi connectivity index (χ0n) is 11.6. The van der Waals surface area contributed by atoms with Gasteiger partial charge in [0.15, 0.2) is 0 Å². The number of hydrogen-bond donors (Lipinski definition) is 1. The van der Waals surface area contributed by atoms with Crippen molar-refractivity contribution in [1.82, 2.24) is 9.88 Å². The van der Waals surface area contributed by atoms with E-state index in [1.165, 1.54) is 21.8 Å². The van der Waals surface area contributed by atoms with E-state index in [9.17, 15) is 4.79 Å². The number of carbonyl (C=O) groups excluding carboxylic acids is 1. The summed E-state index contributed by atoms with van der Waals surface area (Å²) in [4.78, 5) is 18.1. The predicted octanol–water partition coefficient (Wildman–Crippen LogP) is 2.19. The third-order valence-electron chi connectivity index (χ3n) is 3.21. The Morgan fingerprint density at radius 3 is 2.75 bits per heavy atom. The molecule has 2 aromatic rings. The molecule has 1 atom stereocenters. The number of aliphatic hydroxyl groups excluding tert-OH is 1. The highest BCUT2D eigenvalue weighted by molar-refractivity contribution is 7.09. The third-order valence-corrected chi connectivity index (χ3v) is 4.06. The third kappa shape index (κ3) is 3.43. The van der Waals surface area contributed by atoms with Gasteiger partial charge in [0.1, 0.15) is 5.69 Å². The Bertz CT molecular complexity index is 568. The molecule has 2 rings (SSSR count). The molecule has 0 spiro atoms. The van der Waals surface area contributed by atoms with Crippen LogP contribution >= 0.6 is 11.3 Å². The van der Waals surface area contributed by atoms with Gasteiger partial charge in [0, 0.05) is 18.8 Å². The van der Waals surface area contributed by atoms with Crippen molar-refractivity contribution in [2.75, 3.05) is 13.7 Å². The maximum absolute atomic E-state index is 12.2. The first kappa shape index (κ1) is 14.7. The van der Waals surface area contributed by atoms with Gasteiger partial charge in [0.2, 0.25) is 0 Å². The van der Waals surface area contributed by atoms with Crippen LogP contribution < -0.4 is 0 Å². The Labute approximate surface area is 122 Å². The summed E-state index contributed by atoms with van der Waals surface area (Å²) in [7, 11) is 1.68. The summed E-state index contributed by atoms with van der Waals surface area (Å²) in [5.74, 6) is -0.151. The van der Waals surface area contributed by atoms with E-state index in [0.717, 1.165) is 11.4 Å². The van der Waals surface area contributed by atoms with Gasteiger partial charge < -0.3 is 10.0 Å². The Morgan fingerprint density at radius 2 is 2.10 bits per heavy atom. The molecule has 0 fully saturated rings. The van der Waals surface area contributed by atoms with Crippen LogP contribution in [0.1, 0.15) is 28.0 Å². The molecule has 1 heterocycles. The second-order valence-electron chi connectivity index (χ2n) is 4.74. The summed E-state index contributed by atoms with van der Waals surface area (Å²) in [6.07, 6.45) is 0.734. The van der Waals surface area contributed by atoms with Crippen LogP contribution in [0.3, 0.4) is 0 Å². The average Bonchev–Trinajstić information content (AvgIpc) is 2.94. The Balaban J connectivity index is 2.07. The molecule has 0 aliphatic rings. The molecule has 5 heteroatoms. The number of carbonyl (C=O) groups is 1. The number of hydrogen-bond acceptors (Lipinski definition) is 4. The van der Waals surface area contributed by atoms with Gasteiger partial charge in [0.25, 0.3) is 5.91 Å². The van der Waals surface area contributed by atoms with Crippen LogP contribution in [0.2, 0.25) is 0 Å². The van der Waals surface area contributed by atoms with Crippen LogP contribution in [-0.2, 0) is 6.42 Å². The van der Waals surface area contributed by atoms with Crippen molar-refractivity contribution in [1.29, 1.82) is 0 Å². The first-order valence-corrected chi connectivity index (χ1v) is 7.36. The van der Waals surface area contributed by atoms with Crippen molar-refractivity contribution in [3.8, 4) is 0 Å². The second-order valence-corrected chi connectivity index (χ2v) is 5.68. The maximum Gasteiger partial charge on any atom is 0.273 e. The lowest BCUT2D eigenvalue weighted by Gasteiger charge is -2.21. The van der Waals surface area contributed by atoms with Crippen molar-refractivity contribution in [2.45, 2.75) is 19.4 Å². The molecule has 0 saturated heterocycles. The lowest BCUT2D eigenvalue weighted by Crippen LogP contribution is -2.37. The fraction of sp³-hybridized carbons (Fsp3) is 0.333. The zero-order valence-corrected chi connectivity index (χ0v) is 12.4. The molecule has 0 saturated carbocycles. The second kappa shape index (κ2) is 6.63. The fourth-order valence-electron chi connectivity index (χ4n) is 1.76. The smallest absolute Gasteiger partial charge is 0.273 e. The standard InChI is InChI=1S/C15H18N2O2S/c1-11(9-18)17(2)15(19)13-10-20-14(16-13)8-12-6-4-3-5-7-12/h3-7,10-11,18H,8-9H2,1-2H3. The molecular weight excluding hydrogens is 272 g/mol. The number of amides is 1. The maximum atomic E-state index is 12.2. The summed E-state index contributed by atoms with van der Waals surface area (Å²) >= 11 is 1.49. The quantitative estimate of drug-likeness (QED) is 0.918. The summed E-state index contributed by atoms with van der Waals surface area (Å²) in [6.45, 7) is 1.75. The van der Waals surface area contributed by atoms with Gasteiger partial charge in [0.05, 0.1) is 17.7 Å². The first-order chi connectivity index (χ1) is 9.61. The Morgan fingerprint density at radius 1 is 1.40 bits per heavy atom. The minimum absolute atomic E-state index is 0.0523. The highest BCUT2D eigenvalue weighted by Crippen LogP contribution is 2.16. The monoisotopic (exact) mass is 290 g/mol. The van der Waals surface area contributed by atoms with E-state index in [4.69, 9.17) is 5.11 Å². The van der Waals surface area contributed by atoms with E-state index in [2.05, 4.69) is 4.98 Å². The van der Waals surface area contributed by atoms with Gasteiger partial charge in [-0.15, -0.1) is 11.3 Å². The molecule has 1 aromatic carbocycles. The molecule has 0 radical (unpaired) electrons. The highest BCUT2D eigenvalue weighted by Gasteiger charge is 2.19. The number of thiazole rings is 1. The van der Waals surface area contributed by atoms with Crippen LogP contribution in [-0.4, -0.2) is 40.6 Å². The molecule has 1 aromatic heterocycles. The number of nitrogens with zero attached hydrogens (tertiary/aromatic N) is 2. The summed E-state index contributed by atoms with van der Waals surface area (Å²) < 4.78 is 0. The molecule has 0 aliphatic carbocycles. The molecule has 1 unspecified atom stereocenters. The lowest BCUT2D eigenvalue weighted by molar-refractivity contribution is 0.0677. The molecule has 0 bridgehead atoms. The van der Waals surface area contributed by atoms with Crippen molar-refractivity contribution in [2.24, 2.45) is 0 Å². The SMILES string of the molecule is CC(CO)N(C)C(=O)c1csc(Cc2ccccc2)n1. The van der Waals surface area contributed by atoms with Crippen LogP contribution in [0.5, 0.6) is 0 Å². The number of benzene rings is 1. The van der Waals surface area contributed by atoms with Crippen LogP contribution in [0.25, 0.3) is 0 Å². The van der Waals surface area contributed by atoms with Crippen molar-refractivity contribution in [3.63, 3.8) is 0 Å². The Kier molecular flexibility index (Phi) is 4.87. The van der Waals surface area contributed by atoms with Gasteiger partial charge >= 0.3 is 0 Å². The van der Waals surface area contributed by atoms with E-state index >= 15 is 0 Å². The van der Waals surface area contributed by atoms with E-state index in [0.29, 0.717) is 5.69 Å². The van der Waals surface area contributed by atoms with Gasteiger partial charge in [-0.1, -0.05) is 30.3 Å². The van der Waals surface area contributed by atoms with Crippen molar-refractivity contribution < 1.29 is 9.90 Å². The van der Waals surface area contributed by atoms with Crippen molar-refractivity contribution in [3.05, 3.63) is 52.0 Å². The molecule has 20 heavy (non-hydrogen) atoms.